The summed E-state index contributed by atoms with van der Waals surface area (Å²) in [5.74, 6) is -0.235. The number of nitrogens with zero attached hydrogens (tertiary/aromatic N) is 3. The molecule has 25 heavy (non-hydrogen) atoms. The molecule has 4 nitrogen and oxygen atoms in total. The Hall–Kier alpha value is -2.95. The molecule has 5 heteroatoms. The number of fused-ring (bicyclic) bond motifs is 1. The Morgan fingerprint density at radius 2 is 1.88 bits per heavy atom. The van der Waals surface area contributed by atoms with Gasteiger partial charge >= 0.3 is 0 Å². The Bertz CT molecular complexity index is 1040. The van der Waals surface area contributed by atoms with Crippen LogP contribution in [0, 0.1) is 5.82 Å². The monoisotopic (exact) mass is 332 g/mol. The van der Waals surface area contributed by atoms with E-state index in [4.69, 9.17) is 4.98 Å². The molecule has 1 N–H and O–H groups in total. The van der Waals surface area contributed by atoms with Crippen LogP contribution in [0.2, 0.25) is 0 Å². The maximum atomic E-state index is 13.4. The molecule has 0 amide bonds. The van der Waals surface area contributed by atoms with Crippen LogP contribution in [-0.2, 0) is 0 Å². The van der Waals surface area contributed by atoms with E-state index in [2.05, 4.69) is 14.5 Å². The van der Waals surface area contributed by atoms with Crippen LogP contribution >= 0.6 is 0 Å². The standard InChI is InChI=1S/C20H17FN4/c21-14-6-4-13(5-7-14)18-19(25(12-24-18)15-2-1-3-15)16-8-10-22-20-17(16)9-11-23-20/h4-12,15H,1-3H2,(H,22,23). The number of rotatable bonds is 3. The molecule has 5 rings (SSSR count). The topological polar surface area (TPSA) is 46.5 Å². The summed E-state index contributed by atoms with van der Waals surface area (Å²) in [4.78, 5) is 12.3. The molecular weight excluding hydrogens is 315 g/mol. The van der Waals surface area contributed by atoms with Gasteiger partial charge in [0.2, 0.25) is 0 Å². The Balaban J connectivity index is 1.77. The summed E-state index contributed by atoms with van der Waals surface area (Å²) in [5, 5.41) is 1.08. The zero-order chi connectivity index (χ0) is 16.8. The van der Waals surface area contributed by atoms with Crippen LogP contribution in [0.25, 0.3) is 33.5 Å². The number of aromatic nitrogens is 4. The first-order valence-corrected chi connectivity index (χ1v) is 8.56. The maximum Gasteiger partial charge on any atom is 0.137 e. The van der Waals surface area contributed by atoms with E-state index < -0.39 is 0 Å². The van der Waals surface area contributed by atoms with Crippen LogP contribution < -0.4 is 0 Å². The van der Waals surface area contributed by atoms with E-state index in [1.165, 1.54) is 31.4 Å². The number of nitrogens with one attached hydrogen (secondary N) is 1. The van der Waals surface area contributed by atoms with Crippen LogP contribution in [0.15, 0.2) is 55.1 Å². The summed E-state index contributed by atoms with van der Waals surface area (Å²) in [6.07, 6.45) is 9.26. The molecule has 0 aliphatic heterocycles. The molecule has 0 saturated heterocycles. The van der Waals surface area contributed by atoms with Gasteiger partial charge < -0.3 is 9.55 Å². The van der Waals surface area contributed by atoms with Crippen molar-refractivity contribution >= 4 is 11.0 Å². The number of benzene rings is 1. The lowest BCUT2D eigenvalue weighted by Gasteiger charge is -2.29. The molecule has 0 spiro atoms. The first-order valence-electron chi connectivity index (χ1n) is 8.56. The normalized spacial score (nSPS) is 14.8. The van der Waals surface area contributed by atoms with E-state index in [-0.39, 0.29) is 5.82 Å². The van der Waals surface area contributed by atoms with Gasteiger partial charge in [-0.2, -0.15) is 0 Å². The quantitative estimate of drug-likeness (QED) is 0.576. The maximum absolute atomic E-state index is 13.4. The first-order chi connectivity index (χ1) is 12.3. The number of halogens is 1. The van der Waals surface area contributed by atoms with Gasteiger partial charge in [0.05, 0.1) is 17.7 Å². The van der Waals surface area contributed by atoms with E-state index in [9.17, 15) is 4.39 Å². The lowest BCUT2D eigenvalue weighted by molar-refractivity contribution is 0.316. The summed E-state index contributed by atoms with van der Waals surface area (Å²) in [5.41, 5.74) is 4.87. The second-order valence-corrected chi connectivity index (χ2v) is 6.54. The SMILES string of the molecule is Fc1ccc(-c2ncn(C3CCC3)c2-c2ccnc3[nH]ccc23)cc1. The van der Waals surface area contributed by atoms with Crippen molar-refractivity contribution in [2.45, 2.75) is 25.3 Å². The van der Waals surface area contributed by atoms with E-state index >= 15 is 0 Å². The zero-order valence-electron chi connectivity index (χ0n) is 13.6. The van der Waals surface area contributed by atoms with Crippen molar-refractivity contribution in [3.63, 3.8) is 0 Å². The highest BCUT2D eigenvalue weighted by atomic mass is 19.1. The predicted octanol–water partition coefficient (Wildman–Crippen LogP) is 4.96. The minimum Gasteiger partial charge on any atom is -0.346 e. The molecule has 3 heterocycles. The molecule has 1 fully saturated rings. The van der Waals surface area contributed by atoms with Crippen LogP contribution in [0.3, 0.4) is 0 Å². The molecule has 0 bridgehead atoms. The Labute approximate surface area is 144 Å². The van der Waals surface area contributed by atoms with Gasteiger partial charge in [0.25, 0.3) is 0 Å². The van der Waals surface area contributed by atoms with E-state index in [1.807, 2.05) is 30.9 Å². The lowest BCUT2D eigenvalue weighted by Crippen LogP contribution is -2.17. The van der Waals surface area contributed by atoms with E-state index in [1.54, 1.807) is 12.1 Å². The fourth-order valence-electron chi connectivity index (χ4n) is 3.56. The van der Waals surface area contributed by atoms with Gasteiger partial charge in [-0.1, -0.05) is 0 Å². The molecule has 1 aliphatic carbocycles. The molecule has 1 aliphatic rings. The van der Waals surface area contributed by atoms with Gasteiger partial charge in [-0.05, 0) is 55.7 Å². The third-order valence-electron chi connectivity index (χ3n) is 5.09. The predicted molar refractivity (Wildman–Crippen MR) is 95.6 cm³/mol. The fraction of sp³-hybridized carbons (Fsp3) is 0.200. The largest absolute Gasteiger partial charge is 0.346 e. The number of hydrogen-bond acceptors (Lipinski definition) is 2. The minimum absolute atomic E-state index is 0.235. The molecule has 1 saturated carbocycles. The minimum atomic E-state index is -0.235. The highest BCUT2D eigenvalue weighted by Crippen LogP contribution is 2.41. The molecule has 124 valence electrons. The average molecular weight is 332 g/mol. The smallest absolute Gasteiger partial charge is 0.137 e. The van der Waals surface area contributed by atoms with Gasteiger partial charge in [-0.3, -0.25) is 0 Å². The van der Waals surface area contributed by atoms with Crippen molar-refractivity contribution in [3.8, 4) is 22.5 Å². The summed E-state index contributed by atoms with van der Waals surface area (Å²) in [6.45, 7) is 0. The van der Waals surface area contributed by atoms with Crippen molar-refractivity contribution in [2.75, 3.05) is 0 Å². The molecule has 1 aromatic carbocycles. The number of pyridine rings is 1. The molecule has 0 atom stereocenters. The van der Waals surface area contributed by atoms with Crippen molar-refractivity contribution in [3.05, 3.63) is 60.9 Å². The summed E-state index contributed by atoms with van der Waals surface area (Å²) < 4.78 is 15.6. The summed E-state index contributed by atoms with van der Waals surface area (Å²) in [6, 6.07) is 11.1. The Kier molecular flexibility index (Phi) is 3.20. The number of aromatic amines is 1. The molecular formula is C20H17FN4. The van der Waals surface area contributed by atoms with Crippen LogP contribution in [0.5, 0.6) is 0 Å². The third kappa shape index (κ3) is 2.27. The highest BCUT2D eigenvalue weighted by molar-refractivity contribution is 5.95. The van der Waals surface area contributed by atoms with Crippen molar-refractivity contribution in [2.24, 2.45) is 0 Å². The highest BCUT2D eigenvalue weighted by Gasteiger charge is 2.26. The number of H-pyrrole nitrogens is 1. The molecule has 3 aromatic heterocycles. The average Bonchev–Trinajstić information content (AvgIpc) is 3.21. The lowest BCUT2D eigenvalue weighted by atomic mass is 9.92. The Morgan fingerprint density at radius 1 is 1.04 bits per heavy atom. The summed E-state index contributed by atoms with van der Waals surface area (Å²) >= 11 is 0. The van der Waals surface area contributed by atoms with Gasteiger partial charge in [0.1, 0.15) is 11.5 Å². The fourth-order valence-corrected chi connectivity index (χ4v) is 3.56. The molecule has 0 unspecified atom stereocenters. The van der Waals surface area contributed by atoms with Crippen molar-refractivity contribution in [1.82, 2.24) is 19.5 Å². The molecule has 4 aromatic rings. The molecule has 0 radical (unpaired) electrons. The van der Waals surface area contributed by atoms with Crippen LogP contribution in [-0.4, -0.2) is 19.5 Å². The van der Waals surface area contributed by atoms with Crippen LogP contribution in [0.4, 0.5) is 4.39 Å². The van der Waals surface area contributed by atoms with E-state index in [0.29, 0.717) is 6.04 Å². The number of hydrogen-bond donors (Lipinski definition) is 1. The van der Waals surface area contributed by atoms with Crippen LogP contribution in [0.1, 0.15) is 25.3 Å². The second-order valence-electron chi connectivity index (χ2n) is 6.54. The second kappa shape index (κ2) is 5.55. The van der Waals surface area contributed by atoms with Gasteiger partial charge in [-0.25, -0.2) is 14.4 Å². The third-order valence-corrected chi connectivity index (χ3v) is 5.09. The van der Waals surface area contributed by atoms with Gasteiger partial charge in [-0.15, -0.1) is 0 Å². The summed E-state index contributed by atoms with van der Waals surface area (Å²) in [7, 11) is 0. The Morgan fingerprint density at radius 3 is 2.64 bits per heavy atom. The number of imidazole rings is 1. The van der Waals surface area contributed by atoms with Crippen molar-refractivity contribution in [1.29, 1.82) is 0 Å². The van der Waals surface area contributed by atoms with E-state index in [0.717, 1.165) is 33.5 Å². The van der Waals surface area contributed by atoms with Gasteiger partial charge in [0, 0.05) is 34.9 Å². The van der Waals surface area contributed by atoms with Crippen molar-refractivity contribution < 1.29 is 4.39 Å². The van der Waals surface area contributed by atoms with Gasteiger partial charge in [0.15, 0.2) is 0 Å². The zero-order valence-corrected chi connectivity index (χ0v) is 13.6. The first kappa shape index (κ1) is 14.4.